The molecule has 0 amide bonds. The number of ether oxygens (including phenoxy) is 1. The van der Waals surface area contributed by atoms with Crippen molar-refractivity contribution in [2.75, 3.05) is 14.2 Å². The lowest BCUT2D eigenvalue weighted by molar-refractivity contribution is 0.405. The summed E-state index contributed by atoms with van der Waals surface area (Å²) in [6, 6.07) is 6.40. The lowest BCUT2D eigenvalue weighted by Gasteiger charge is -2.20. The summed E-state index contributed by atoms with van der Waals surface area (Å²) in [4.78, 5) is 0. The van der Waals surface area contributed by atoms with Crippen LogP contribution in [0.25, 0.3) is 0 Å². The number of hydrogen-bond acceptors (Lipinski definition) is 3. The quantitative estimate of drug-likeness (QED) is 0.912. The Kier molecular flexibility index (Phi) is 4.43. The van der Waals surface area contributed by atoms with E-state index in [9.17, 15) is 0 Å². The van der Waals surface area contributed by atoms with E-state index in [1.807, 2.05) is 13.1 Å². The van der Waals surface area contributed by atoms with Gasteiger partial charge in [0.2, 0.25) is 0 Å². The van der Waals surface area contributed by atoms with Gasteiger partial charge in [0.1, 0.15) is 5.75 Å². The zero-order chi connectivity index (χ0) is 13.1. The molecular formula is C14H16BrNOS. The molecule has 0 saturated heterocycles. The number of methoxy groups -OCH3 is 1. The highest BCUT2D eigenvalue weighted by molar-refractivity contribution is 9.10. The zero-order valence-corrected chi connectivity index (χ0v) is 13.1. The van der Waals surface area contributed by atoms with Crippen molar-refractivity contribution in [1.82, 2.24) is 5.32 Å². The Morgan fingerprint density at radius 2 is 2.06 bits per heavy atom. The van der Waals surface area contributed by atoms with Gasteiger partial charge in [-0.15, -0.1) is 0 Å². The Labute approximate surface area is 120 Å². The van der Waals surface area contributed by atoms with E-state index in [2.05, 4.69) is 51.1 Å². The van der Waals surface area contributed by atoms with E-state index < -0.39 is 0 Å². The first kappa shape index (κ1) is 13.6. The molecule has 2 rings (SSSR count). The zero-order valence-electron chi connectivity index (χ0n) is 10.7. The Bertz CT molecular complexity index is 538. The maximum Gasteiger partial charge on any atom is 0.124 e. The Morgan fingerprint density at radius 1 is 1.28 bits per heavy atom. The van der Waals surface area contributed by atoms with Crippen molar-refractivity contribution >= 4 is 27.3 Å². The maximum atomic E-state index is 5.47. The van der Waals surface area contributed by atoms with Crippen LogP contribution < -0.4 is 10.1 Å². The average Bonchev–Trinajstić information content (AvgIpc) is 2.77. The fraction of sp³-hybridized carbons (Fsp3) is 0.286. The molecule has 18 heavy (non-hydrogen) atoms. The first-order chi connectivity index (χ1) is 8.67. The molecule has 0 fully saturated rings. The normalized spacial score (nSPS) is 12.4. The van der Waals surface area contributed by atoms with Crippen LogP contribution >= 0.6 is 27.3 Å². The first-order valence-electron chi connectivity index (χ1n) is 5.70. The van der Waals surface area contributed by atoms with Gasteiger partial charge in [-0.3, -0.25) is 0 Å². The van der Waals surface area contributed by atoms with Crippen LogP contribution in [0.15, 0.2) is 33.4 Å². The number of hydrogen-bond donors (Lipinski definition) is 1. The second-order valence-electron chi connectivity index (χ2n) is 4.14. The summed E-state index contributed by atoms with van der Waals surface area (Å²) in [5.41, 5.74) is 3.64. The number of nitrogens with one attached hydrogen (secondary N) is 1. The molecule has 96 valence electrons. The van der Waals surface area contributed by atoms with Crippen molar-refractivity contribution in [2.45, 2.75) is 13.0 Å². The van der Waals surface area contributed by atoms with Crippen molar-refractivity contribution < 1.29 is 4.74 Å². The minimum Gasteiger partial charge on any atom is -0.496 e. The van der Waals surface area contributed by atoms with Crippen LogP contribution in [0.2, 0.25) is 0 Å². The molecule has 1 atom stereocenters. The van der Waals surface area contributed by atoms with Gasteiger partial charge in [-0.2, -0.15) is 11.3 Å². The highest BCUT2D eigenvalue weighted by Crippen LogP contribution is 2.35. The number of halogens is 1. The van der Waals surface area contributed by atoms with Gasteiger partial charge in [-0.25, -0.2) is 0 Å². The van der Waals surface area contributed by atoms with E-state index in [0.717, 1.165) is 10.2 Å². The lowest BCUT2D eigenvalue weighted by Crippen LogP contribution is -2.18. The van der Waals surface area contributed by atoms with Crippen molar-refractivity contribution in [3.8, 4) is 5.75 Å². The van der Waals surface area contributed by atoms with Crippen LogP contribution in [0.1, 0.15) is 22.7 Å². The third kappa shape index (κ3) is 2.60. The van der Waals surface area contributed by atoms with Crippen molar-refractivity contribution in [1.29, 1.82) is 0 Å². The molecule has 1 aromatic carbocycles. The van der Waals surface area contributed by atoms with Gasteiger partial charge in [0.25, 0.3) is 0 Å². The number of rotatable bonds is 4. The molecule has 1 heterocycles. The number of benzene rings is 1. The standard InChI is InChI=1S/C14H16BrNOS/c1-9-4-5-13(17-3)10(6-9)14(16-2)11-7-18-8-12(11)15/h4-8,14,16H,1-3H3. The van der Waals surface area contributed by atoms with E-state index >= 15 is 0 Å². The molecule has 1 aromatic heterocycles. The van der Waals surface area contributed by atoms with Crippen molar-refractivity contribution in [3.05, 3.63) is 50.1 Å². The predicted molar refractivity (Wildman–Crippen MR) is 80.7 cm³/mol. The summed E-state index contributed by atoms with van der Waals surface area (Å²) >= 11 is 5.29. The van der Waals surface area contributed by atoms with Crippen LogP contribution in [0.4, 0.5) is 0 Å². The molecule has 0 bridgehead atoms. The molecule has 1 N–H and O–H groups in total. The molecule has 0 radical (unpaired) electrons. The SMILES string of the molecule is CNC(c1cscc1Br)c1cc(C)ccc1OC. The molecule has 0 aliphatic rings. The van der Waals surface area contributed by atoms with Crippen molar-refractivity contribution in [2.24, 2.45) is 0 Å². The topological polar surface area (TPSA) is 21.3 Å². The predicted octanol–water partition coefficient (Wildman–Crippen LogP) is 4.14. The van der Waals surface area contributed by atoms with Crippen LogP contribution in [-0.4, -0.2) is 14.2 Å². The average molecular weight is 326 g/mol. The van der Waals surface area contributed by atoms with Gasteiger partial charge in [0.15, 0.2) is 0 Å². The maximum absolute atomic E-state index is 5.47. The van der Waals surface area contributed by atoms with E-state index in [4.69, 9.17) is 4.74 Å². The number of aryl methyl sites for hydroxylation is 1. The Balaban J connectivity index is 2.51. The van der Waals surface area contributed by atoms with Crippen LogP contribution in [0.5, 0.6) is 5.75 Å². The first-order valence-corrected chi connectivity index (χ1v) is 7.44. The summed E-state index contributed by atoms with van der Waals surface area (Å²) in [6.45, 7) is 2.10. The van der Waals surface area contributed by atoms with Gasteiger partial charge in [-0.1, -0.05) is 17.7 Å². The molecule has 2 nitrogen and oxygen atoms in total. The molecular weight excluding hydrogens is 310 g/mol. The minimum atomic E-state index is 0.139. The molecule has 1 unspecified atom stereocenters. The monoisotopic (exact) mass is 325 g/mol. The largest absolute Gasteiger partial charge is 0.496 e. The third-order valence-corrected chi connectivity index (χ3v) is 4.69. The van der Waals surface area contributed by atoms with E-state index in [1.54, 1.807) is 18.4 Å². The molecule has 0 aliphatic carbocycles. The second kappa shape index (κ2) is 5.87. The summed E-state index contributed by atoms with van der Waals surface area (Å²) in [6.07, 6.45) is 0. The number of thiophene rings is 1. The van der Waals surface area contributed by atoms with Crippen LogP contribution in [-0.2, 0) is 0 Å². The van der Waals surface area contributed by atoms with Crippen molar-refractivity contribution in [3.63, 3.8) is 0 Å². The van der Waals surface area contributed by atoms with E-state index in [1.165, 1.54) is 16.7 Å². The molecule has 0 saturated carbocycles. The van der Waals surface area contributed by atoms with E-state index in [-0.39, 0.29) is 6.04 Å². The van der Waals surface area contributed by atoms with Gasteiger partial charge in [0, 0.05) is 15.4 Å². The third-order valence-electron chi connectivity index (χ3n) is 2.94. The van der Waals surface area contributed by atoms with Gasteiger partial charge < -0.3 is 10.1 Å². The summed E-state index contributed by atoms with van der Waals surface area (Å²) < 4.78 is 6.60. The smallest absolute Gasteiger partial charge is 0.124 e. The van der Waals surface area contributed by atoms with Gasteiger partial charge in [0.05, 0.1) is 13.2 Å². The minimum absolute atomic E-state index is 0.139. The van der Waals surface area contributed by atoms with Crippen LogP contribution in [0, 0.1) is 6.92 Å². The fourth-order valence-electron chi connectivity index (χ4n) is 2.06. The molecule has 0 aliphatic heterocycles. The fourth-order valence-corrected chi connectivity index (χ4v) is 3.61. The highest BCUT2D eigenvalue weighted by Gasteiger charge is 2.19. The Morgan fingerprint density at radius 3 is 2.61 bits per heavy atom. The second-order valence-corrected chi connectivity index (χ2v) is 5.74. The summed E-state index contributed by atoms with van der Waals surface area (Å²) in [5, 5.41) is 7.62. The van der Waals surface area contributed by atoms with E-state index in [0.29, 0.717) is 0 Å². The summed E-state index contributed by atoms with van der Waals surface area (Å²) in [7, 11) is 3.68. The van der Waals surface area contributed by atoms with Gasteiger partial charge in [-0.05, 0) is 46.9 Å². The summed E-state index contributed by atoms with van der Waals surface area (Å²) in [5.74, 6) is 0.915. The lowest BCUT2D eigenvalue weighted by atomic mass is 9.98. The molecule has 4 heteroatoms. The molecule has 2 aromatic rings. The van der Waals surface area contributed by atoms with Gasteiger partial charge >= 0.3 is 0 Å². The Hall–Kier alpha value is -0.840. The molecule has 0 spiro atoms. The van der Waals surface area contributed by atoms with Crippen LogP contribution in [0.3, 0.4) is 0 Å². The highest BCUT2D eigenvalue weighted by atomic mass is 79.9.